The fourth-order valence-electron chi connectivity index (χ4n) is 1.58. The van der Waals surface area contributed by atoms with Crippen LogP contribution < -0.4 is 10.5 Å². The van der Waals surface area contributed by atoms with Gasteiger partial charge in [-0.3, -0.25) is 0 Å². The highest BCUT2D eigenvalue weighted by Gasteiger charge is 2.11. The van der Waals surface area contributed by atoms with Crippen LogP contribution in [-0.2, 0) is 4.84 Å². The Morgan fingerprint density at radius 3 is 2.43 bits per heavy atom. The molecule has 0 aliphatic heterocycles. The molecule has 0 saturated carbocycles. The van der Waals surface area contributed by atoms with Crippen LogP contribution >= 0.6 is 11.6 Å². The summed E-state index contributed by atoms with van der Waals surface area (Å²) < 4.78 is 5.04. The third kappa shape index (κ3) is 3.73. The smallest absolute Gasteiger partial charge is 0.367 e. The summed E-state index contributed by atoms with van der Waals surface area (Å²) in [5.74, 6) is 0.106. The highest BCUT2D eigenvalue weighted by atomic mass is 35.5. The Bertz CT molecular complexity index is 669. The molecule has 2 aromatic rings. The summed E-state index contributed by atoms with van der Waals surface area (Å²) in [5, 5.41) is 3.91. The van der Waals surface area contributed by atoms with Crippen LogP contribution in [0.5, 0.6) is 5.75 Å². The van der Waals surface area contributed by atoms with Gasteiger partial charge in [-0.05, 0) is 36.4 Å². The molecular weight excluding hydrogens is 292 g/mol. The molecule has 108 valence electrons. The third-order valence-electron chi connectivity index (χ3n) is 2.71. The minimum atomic E-state index is -0.669. The number of nitrogens with two attached hydrogens (primary N) is 1. The lowest BCUT2D eigenvalue weighted by atomic mass is 10.2. The molecule has 0 amide bonds. The molecule has 0 unspecified atom stereocenters. The molecule has 0 aliphatic carbocycles. The Morgan fingerprint density at radius 1 is 1.14 bits per heavy atom. The number of benzene rings is 2. The van der Waals surface area contributed by atoms with Crippen molar-refractivity contribution in [3.8, 4) is 5.75 Å². The summed E-state index contributed by atoms with van der Waals surface area (Å²) in [7, 11) is 1.57. The molecule has 0 saturated heterocycles. The summed E-state index contributed by atoms with van der Waals surface area (Å²) in [4.78, 5) is 16.6. The third-order valence-corrected chi connectivity index (χ3v) is 3.04. The quantitative estimate of drug-likeness (QED) is 0.408. The summed E-state index contributed by atoms with van der Waals surface area (Å²) in [6, 6.07) is 13.4. The van der Waals surface area contributed by atoms with E-state index in [4.69, 9.17) is 26.9 Å². The zero-order valence-corrected chi connectivity index (χ0v) is 12.0. The van der Waals surface area contributed by atoms with Crippen LogP contribution in [-0.4, -0.2) is 18.9 Å². The standard InChI is InChI=1S/C15H13ClN2O3/c1-20-11-8-6-10(7-9-11)14(17)18-21-15(19)12-4-2-3-5-13(12)16/h2-9H,1H3,(H2,17,18). The van der Waals surface area contributed by atoms with Crippen LogP contribution in [0.3, 0.4) is 0 Å². The second-order valence-electron chi connectivity index (χ2n) is 4.06. The molecule has 2 N–H and O–H groups in total. The van der Waals surface area contributed by atoms with E-state index >= 15 is 0 Å². The number of nitrogens with zero attached hydrogens (tertiary/aromatic N) is 1. The summed E-state index contributed by atoms with van der Waals surface area (Å²) in [5.41, 5.74) is 6.59. The maximum absolute atomic E-state index is 11.8. The van der Waals surface area contributed by atoms with Crippen LogP contribution in [0, 0.1) is 0 Å². The van der Waals surface area contributed by atoms with Crippen molar-refractivity contribution in [2.75, 3.05) is 7.11 Å². The molecule has 0 aromatic heterocycles. The van der Waals surface area contributed by atoms with Gasteiger partial charge in [0.2, 0.25) is 0 Å². The van der Waals surface area contributed by atoms with Gasteiger partial charge in [-0.1, -0.05) is 28.9 Å². The van der Waals surface area contributed by atoms with E-state index in [1.54, 1.807) is 55.6 Å². The van der Waals surface area contributed by atoms with E-state index in [1.807, 2.05) is 0 Å². The maximum Gasteiger partial charge on any atom is 0.367 e. The molecule has 0 bridgehead atoms. The summed E-state index contributed by atoms with van der Waals surface area (Å²) in [6.45, 7) is 0. The van der Waals surface area contributed by atoms with Crippen molar-refractivity contribution >= 4 is 23.4 Å². The van der Waals surface area contributed by atoms with Crippen LogP contribution in [0.1, 0.15) is 15.9 Å². The van der Waals surface area contributed by atoms with Gasteiger partial charge in [0.05, 0.1) is 17.7 Å². The van der Waals surface area contributed by atoms with E-state index in [0.717, 1.165) is 0 Å². The number of hydrogen-bond donors (Lipinski definition) is 1. The van der Waals surface area contributed by atoms with Gasteiger partial charge in [0.15, 0.2) is 5.84 Å². The fourth-order valence-corrected chi connectivity index (χ4v) is 1.79. The van der Waals surface area contributed by atoms with Gasteiger partial charge in [0, 0.05) is 5.56 Å². The van der Waals surface area contributed by atoms with Crippen LogP contribution in [0.15, 0.2) is 53.7 Å². The van der Waals surface area contributed by atoms with Crippen LogP contribution in [0.25, 0.3) is 0 Å². The first kappa shape index (κ1) is 14.9. The Balaban J connectivity index is 2.09. The van der Waals surface area contributed by atoms with Gasteiger partial charge >= 0.3 is 5.97 Å². The van der Waals surface area contributed by atoms with Gasteiger partial charge < -0.3 is 15.3 Å². The average molecular weight is 305 g/mol. The number of oxime groups is 1. The predicted octanol–water partition coefficient (Wildman–Crippen LogP) is 2.83. The Labute approximate surface area is 126 Å². The minimum absolute atomic E-state index is 0.0815. The van der Waals surface area contributed by atoms with Gasteiger partial charge in [0.1, 0.15) is 5.75 Å². The van der Waals surface area contributed by atoms with Crippen molar-refractivity contribution in [3.63, 3.8) is 0 Å². The van der Waals surface area contributed by atoms with Gasteiger partial charge in [-0.25, -0.2) is 4.79 Å². The van der Waals surface area contributed by atoms with E-state index in [1.165, 1.54) is 0 Å². The molecule has 0 radical (unpaired) electrons. The molecule has 0 fully saturated rings. The zero-order valence-electron chi connectivity index (χ0n) is 11.2. The lowest BCUT2D eigenvalue weighted by Gasteiger charge is -2.03. The van der Waals surface area contributed by atoms with E-state index < -0.39 is 5.97 Å². The van der Waals surface area contributed by atoms with Crippen LogP contribution in [0.4, 0.5) is 0 Å². The van der Waals surface area contributed by atoms with Crippen molar-refractivity contribution in [2.45, 2.75) is 0 Å². The topological polar surface area (TPSA) is 73.9 Å². The average Bonchev–Trinajstić information content (AvgIpc) is 2.52. The largest absolute Gasteiger partial charge is 0.497 e. The number of hydrogen-bond acceptors (Lipinski definition) is 4. The van der Waals surface area contributed by atoms with Crippen LogP contribution in [0.2, 0.25) is 5.02 Å². The predicted molar refractivity (Wildman–Crippen MR) is 80.6 cm³/mol. The van der Waals surface area contributed by atoms with E-state index in [-0.39, 0.29) is 11.4 Å². The Morgan fingerprint density at radius 2 is 1.81 bits per heavy atom. The Hall–Kier alpha value is -2.53. The van der Waals surface area contributed by atoms with Gasteiger partial charge in [0.25, 0.3) is 0 Å². The molecule has 6 heteroatoms. The summed E-state index contributed by atoms with van der Waals surface area (Å²) in [6.07, 6.45) is 0. The first-order valence-electron chi connectivity index (χ1n) is 6.05. The van der Waals surface area contributed by atoms with E-state index in [0.29, 0.717) is 16.3 Å². The molecule has 0 aliphatic rings. The van der Waals surface area contributed by atoms with Crippen molar-refractivity contribution < 1.29 is 14.4 Å². The maximum atomic E-state index is 11.8. The van der Waals surface area contributed by atoms with Crippen molar-refractivity contribution in [2.24, 2.45) is 10.9 Å². The number of carbonyl (C=O) groups excluding carboxylic acids is 1. The second kappa shape index (κ2) is 6.76. The summed E-state index contributed by atoms with van der Waals surface area (Å²) >= 11 is 5.89. The van der Waals surface area contributed by atoms with E-state index in [2.05, 4.69) is 5.16 Å². The second-order valence-corrected chi connectivity index (χ2v) is 4.47. The van der Waals surface area contributed by atoms with Crippen molar-refractivity contribution in [1.29, 1.82) is 0 Å². The van der Waals surface area contributed by atoms with Gasteiger partial charge in [-0.15, -0.1) is 0 Å². The highest BCUT2D eigenvalue weighted by Crippen LogP contribution is 2.16. The highest BCUT2D eigenvalue weighted by molar-refractivity contribution is 6.33. The number of halogens is 1. The van der Waals surface area contributed by atoms with Gasteiger partial charge in [-0.2, -0.15) is 0 Å². The number of methoxy groups -OCH3 is 1. The lowest BCUT2D eigenvalue weighted by molar-refractivity contribution is 0.0516. The first-order chi connectivity index (χ1) is 10.1. The molecule has 5 nitrogen and oxygen atoms in total. The molecule has 0 spiro atoms. The molecule has 0 heterocycles. The molecule has 0 atom stereocenters. The first-order valence-corrected chi connectivity index (χ1v) is 6.43. The molecule has 21 heavy (non-hydrogen) atoms. The Kier molecular flexibility index (Phi) is 4.79. The number of rotatable bonds is 4. The van der Waals surface area contributed by atoms with Crippen molar-refractivity contribution in [3.05, 3.63) is 64.7 Å². The van der Waals surface area contributed by atoms with E-state index in [9.17, 15) is 4.79 Å². The molecule has 2 aromatic carbocycles. The zero-order chi connectivity index (χ0) is 15.2. The molecular formula is C15H13ClN2O3. The lowest BCUT2D eigenvalue weighted by Crippen LogP contribution is -2.15. The number of carbonyl (C=O) groups is 1. The fraction of sp³-hybridized carbons (Fsp3) is 0.0667. The molecule has 2 rings (SSSR count). The van der Waals surface area contributed by atoms with Crippen molar-refractivity contribution in [1.82, 2.24) is 0 Å². The monoisotopic (exact) mass is 304 g/mol. The number of ether oxygens (including phenoxy) is 1. The normalized spacial score (nSPS) is 11.0. The SMILES string of the molecule is COc1ccc(/C(N)=N/OC(=O)c2ccccc2Cl)cc1. The minimum Gasteiger partial charge on any atom is -0.497 e. The number of amidine groups is 1.